The van der Waals surface area contributed by atoms with Gasteiger partial charge >= 0.3 is 12.0 Å². The standard InChI is InChI=1S/C14H24N2O3S/c1-10-5-12(13(17)18)8-16(7-10)14(19)15-6-11-3-2-4-20-9-11/h10-12H,2-9H2,1H3,(H,15,19)(H,17,18). The molecule has 3 unspecified atom stereocenters. The highest BCUT2D eigenvalue weighted by molar-refractivity contribution is 7.99. The van der Waals surface area contributed by atoms with Crippen molar-refractivity contribution in [3.8, 4) is 0 Å². The first-order valence-electron chi connectivity index (χ1n) is 7.39. The number of hydrogen-bond acceptors (Lipinski definition) is 3. The van der Waals surface area contributed by atoms with Crippen LogP contribution in [0.2, 0.25) is 0 Å². The summed E-state index contributed by atoms with van der Waals surface area (Å²) in [7, 11) is 0. The largest absolute Gasteiger partial charge is 0.481 e. The second-order valence-electron chi connectivity index (χ2n) is 6.05. The van der Waals surface area contributed by atoms with E-state index in [-0.39, 0.29) is 11.9 Å². The van der Waals surface area contributed by atoms with Gasteiger partial charge in [0.2, 0.25) is 0 Å². The fourth-order valence-electron chi connectivity index (χ4n) is 3.01. The molecule has 0 aromatic carbocycles. The van der Waals surface area contributed by atoms with Crippen molar-refractivity contribution < 1.29 is 14.7 Å². The molecule has 2 fully saturated rings. The fourth-order valence-corrected chi connectivity index (χ4v) is 4.16. The Morgan fingerprint density at radius 3 is 2.85 bits per heavy atom. The van der Waals surface area contributed by atoms with Crippen LogP contribution in [0.3, 0.4) is 0 Å². The maximum atomic E-state index is 12.2. The monoisotopic (exact) mass is 300 g/mol. The number of carbonyl (C=O) groups excluding carboxylic acids is 1. The number of rotatable bonds is 3. The van der Waals surface area contributed by atoms with Crippen molar-refractivity contribution in [3.63, 3.8) is 0 Å². The Morgan fingerprint density at radius 2 is 2.20 bits per heavy atom. The second-order valence-corrected chi connectivity index (χ2v) is 7.20. The normalized spacial score (nSPS) is 30.9. The van der Waals surface area contributed by atoms with Gasteiger partial charge < -0.3 is 15.3 Å². The molecule has 3 atom stereocenters. The average Bonchev–Trinajstić information content (AvgIpc) is 2.45. The van der Waals surface area contributed by atoms with Gasteiger partial charge in [-0.15, -0.1) is 0 Å². The van der Waals surface area contributed by atoms with E-state index in [0.29, 0.717) is 32.0 Å². The molecule has 0 aliphatic carbocycles. The first-order chi connectivity index (χ1) is 9.56. The molecule has 2 rings (SSSR count). The number of urea groups is 1. The quantitative estimate of drug-likeness (QED) is 0.835. The Kier molecular flexibility index (Phi) is 5.57. The average molecular weight is 300 g/mol. The molecule has 2 N–H and O–H groups in total. The number of carbonyl (C=O) groups is 2. The summed E-state index contributed by atoms with van der Waals surface area (Å²) in [6.07, 6.45) is 3.08. The molecule has 0 radical (unpaired) electrons. The zero-order chi connectivity index (χ0) is 14.5. The lowest BCUT2D eigenvalue weighted by atomic mass is 9.91. The third-order valence-corrected chi connectivity index (χ3v) is 5.38. The minimum atomic E-state index is -0.793. The molecule has 20 heavy (non-hydrogen) atoms. The third-order valence-electron chi connectivity index (χ3n) is 4.09. The maximum Gasteiger partial charge on any atom is 0.317 e. The Labute approximate surface area is 124 Å². The van der Waals surface area contributed by atoms with Crippen molar-refractivity contribution in [2.45, 2.75) is 26.2 Å². The molecule has 0 spiro atoms. The Balaban J connectivity index is 1.80. The number of carboxylic acids is 1. The van der Waals surface area contributed by atoms with Gasteiger partial charge in [-0.25, -0.2) is 4.79 Å². The van der Waals surface area contributed by atoms with E-state index in [4.69, 9.17) is 5.11 Å². The van der Waals surface area contributed by atoms with Crippen LogP contribution in [0.25, 0.3) is 0 Å². The Bertz CT molecular complexity index is 358. The van der Waals surface area contributed by atoms with Gasteiger partial charge in [-0.1, -0.05) is 6.92 Å². The summed E-state index contributed by atoms with van der Waals surface area (Å²) in [6.45, 7) is 3.72. The molecule has 114 valence electrons. The highest BCUT2D eigenvalue weighted by Crippen LogP contribution is 2.23. The summed E-state index contributed by atoms with van der Waals surface area (Å²) >= 11 is 1.95. The first kappa shape index (κ1) is 15.5. The van der Waals surface area contributed by atoms with Crippen molar-refractivity contribution in [1.82, 2.24) is 10.2 Å². The highest BCUT2D eigenvalue weighted by Gasteiger charge is 2.32. The smallest absolute Gasteiger partial charge is 0.317 e. The minimum Gasteiger partial charge on any atom is -0.481 e. The van der Waals surface area contributed by atoms with E-state index in [9.17, 15) is 9.59 Å². The topological polar surface area (TPSA) is 69.6 Å². The van der Waals surface area contributed by atoms with Crippen LogP contribution in [0, 0.1) is 17.8 Å². The molecule has 6 heteroatoms. The van der Waals surface area contributed by atoms with Crippen LogP contribution in [-0.2, 0) is 4.79 Å². The molecular weight excluding hydrogens is 276 g/mol. The number of piperidine rings is 1. The number of amides is 2. The molecule has 0 aromatic rings. The molecule has 0 aromatic heterocycles. The van der Waals surface area contributed by atoms with E-state index in [1.54, 1.807) is 4.90 Å². The lowest BCUT2D eigenvalue weighted by molar-refractivity contribution is -0.143. The third kappa shape index (κ3) is 4.30. The van der Waals surface area contributed by atoms with Crippen LogP contribution >= 0.6 is 11.8 Å². The van der Waals surface area contributed by atoms with E-state index in [1.807, 2.05) is 18.7 Å². The van der Waals surface area contributed by atoms with E-state index >= 15 is 0 Å². The zero-order valence-electron chi connectivity index (χ0n) is 12.0. The fraction of sp³-hybridized carbons (Fsp3) is 0.857. The summed E-state index contributed by atoms with van der Waals surface area (Å²) in [5.41, 5.74) is 0. The minimum absolute atomic E-state index is 0.0987. The summed E-state index contributed by atoms with van der Waals surface area (Å²) in [5, 5.41) is 12.1. The van der Waals surface area contributed by atoms with Crippen molar-refractivity contribution in [2.24, 2.45) is 17.8 Å². The number of nitrogens with zero attached hydrogens (tertiary/aromatic N) is 1. The van der Waals surface area contributed by atoms with E-state index in [1.165, 1.54) is 18.6 Å². The number of aliphatic carboxylic acids is 1. The second kappa shape index (κ2) is 7.20. The van der Waals surface area contributed by atoms with Crippen LogP contribution in [0.5, 0.6) is 0 Å². The van der Waals surface area contributed by atoms with Crippen molar-refractivity contribution in [1.29, 1.82) is 0 Å². The Morgan fingerprint density at radius 1 is 1.40 bits per heavy atom. The SMILES string of the molecule is CC1CC(C(=O)O)CN(C(=O)NCC2CCCSC2)C1. The lowest BCUT2D eigenvalue weighted by Crippen LogP contribution is -2.50. The zero-order valence-corrected chi connectivity index (χ0v) is 12.8. The molecule has 2 amide bonds. The first-order valence-corrected chi connectivity index (χ1v) is 8.55. The van der Waals surface area contributed by atoms with E-state index in [2.05, 4.69) is 5.32 Å². The molecule has 2 saturated heterocycles. The van der Waals surface area contributed by atoms with Gasteiger partial charge in [-0.05, 0) is 42.6 Å². The number of likely N-dealkylation sites (tertiary alicyclic amines) is 1. The summed E-state index contributed by atoms with van der Waals surface area (Å²) in [4.78, 5) is 25.0. The van der Waals surface area contributed by atoms with Crippen LogP contribution in [0.15, 0.2) is 0 Å². The molecule has 0 saturated carbocycles. The summed E-state index contributed by atoms with van der Waals surface area (Å²) in [6, 6.07) is -0.0987. The van der Waals surface area contributed by atoms with Crippen molar-refractivity contribution in [3.05, 3.63) is 0 Å². The summed E-state index contributed by atoms with van der Waals surface area (Å²) < 4.78 is 0. The van der Waals surface area contributed by atoms with E-state index < -0.39 is 11.9 Å². The molecule has 2 heterocycles. The molecule has 5 nitrogen and oxygen atoms in total. The van der Waals surface area contributed by atoms with Gasteiger partial charge in [0.05, 0.1) is 5.92 Å². The molecule has 0 bridgehead atoms. The maximum absolute atomic E-state index is 12.2. The Hall–Kier alpha value is -0.910. The van der Waals surface area contributed by atoms with Gasteiger partial charge in [0.15, 0.2) is 0 Å². The van der Waals surface area contributed by atoms with Crippen LogP contribution in [-0.4, -0.2) is 53.1 Å². The lowest BCUT2D eigenvalue weighted by Gasteiger charge is -2.35. The molecule has 2 aliphatic heterocycles. The van der Waals surface area contributed by atoms with Gasteiger partial charge in [0, 0.05) is 19.6 Å². The number of hydrogen-bond donors (Lipinski definition) is 2. The highest BCUT2D eigenvalue weighted by atomic mass is 32.2. The van der Waals surface area contributed by atoms with E-state index in [0.717, 1.165) is 5.75 Å². The predicted molar refractivity (Wildman–Crippen MR) is 79.9 cm³/mol. The van der Waals surface area contributed by atoms with Gasteiger partial charge in [0.1, 0.15) is 0 Å². The van der Waals surface area contributed by atoms with Crippen LogP contribution < -0.4 is 5.32 Å². The van der Waals surface area contributed by atoms with Gasteiger partial charge in [-0.3, -0.25) is 4.79 Å². The molecular formula is C14H24N2O3S. The van der Waals surface area contributed by atoms with Crippen LogP contribution in [0.1, 0.15) is 26.2 Å². The van der Waals surface area contributed by atoms with Crippen molar-refractivity contribution >= 4 is 23.8 Å². The van der Waals surface area contributed by atoms with Crippen molar-refractivity contribution in [2.75, 3.05) is 31.1 Å². The number of carboxylic acid groups (broad SMARTS) is 1. The number of nitrogens with one attached hydrogen (secondary N) is 1. The van der Waals surface area contributed by atoms with Crippen LogP contribution in [0.4, 0.5) is 4.79 Å². The van der Waals surface area contributed by atoms with Gasteiger partial charge in [0.25, 0.3) is 0 Å². The molecule has 2 aliphatic rings. The summed E-state index contributed by atoms with van der Waals surface area (Å²) in [5.74, 6) is 1.95. The van der Waals surface area contributed by atoms with Gasteiger partial charge in [-0.2, -0.15) is 11.8 Å². The predicted octanol–water partition coefficient (Wildman–Crippen LogP) is 1.88. The number of thioether (sulfide) groups is 1.